The molecule has 1 heterocycles. The van der Waals surface area contributed by atoms with Crippen molar-refractivity contribution >= 4 is 27.0 Å². The third-order valence-electron chi connectivity index (χ3n) is 2.48. The normalized spacial score (nSPS) is 15.9. The predicted molar refractivity (Wildman–Crippen MR) is 71.5 cm³/mol. The molecule has 0 amide bonds. The molecule has 0 bridgehead atoms. The molecule has 98 valence electrons. The SMILES string of the molecule is CS(=O)(=O)N1CCN=C1SCc1ccccc1F. The van der Waals surface area contributed by atoms with Crippen LogP contribution in [0, 0.1) is 5.82 Å². The van der Waals surface area contributed by atoms with Gasteiger partial charge in [0.25, 0.3) is 0 Å². The van der Waals surface area contributed by atoms with Crippen LogP contribution in [-0.2, 0) is 15.8 Å². The number of amidine groups is 1. The van der Waals surface area contributed by atoms with Crippen molar-refractivity contribution in [3.05, 3.63) is 35.6 Å². The molecule has 0 fully saturated rings. The molecule has 1 aliphatic heterocycles. The van der Waals surface area contributed by atoms with Crippen molar-refractivity contribution in [2.45, 2.75) is 5.75 Å². The molecule has 0 spiro atoms. The summed E-state index contributed by atoms with van der Waals surface area (Å²) in [6.45, 7) is 0.838. The molecule has 0 saturated carbocycles. The first-order valence-electron chi connectivity index (χ1n) is 5.37. The highest BCUT2D eigenvalue weighted by Crippen LogP contribution is 2.22. The van der Waals surface area contributed by atoms with Crippen molar-refractivity contribution in [1.29, 1.82) is 0 Å². The highest BCUT2D eigenvalue weighted by atomic mass is 32.2. The number of rotatable bonds is 3. The zero-order chi connectivity index (χ0) is 13.2. The topological polar surface area (TPSA) is 49.7 Å². The van der Waals surface area contributed by atoms with Gasteiger partial charge in [-0.15, -0.1) is 0 Å². The highest BCUT2D eigenvalue weighted by Gasteiger charge is 2.25. The van der Waals surface area contributed by atoms with Crippen molar-refractivity contribution in [2.24, 2.45) is 4.99 Å². The minimum atomic E-state index is -3.28. The fraction of sp³-hybridized carbons (Fsp3) is 0.364. The van der Waals surface area contributed by atoms with Gasteiger partial charge in [-0.1, -0.05) is 30.0 Å². The number of hydrogen-bond acceptors (Lipinski definition) is 4. The number of thioether (sulfide) groups is 1. The van der Waals surface area contributed by atoms with E-state index in [1.54, 1.807) is 18.2 Å². The molecular weight excluding hydrogens is 275 g/mol. The van der Waals surface area contributed by atoms with E-state index in [0.717, 1.165) is 6.26 Å². The summed E-state index contributed by atoms with van der Waals surface area (Å²) in [6, 6.07) is 6.45. The van der Waals surface area contributed by atoms with Crippen LogP contribution in [0.1, 0.15) is 5.56 Å². The van der Waals surface area contributed by atoms with Crippen LogP contribution in [-0.4, -0.2) is 37.2 Å². The van der Waals surface area contributed by atoms with Gasteiger partial charge in [0.1, 0.15) is 5.82 Å². The van der Waals surface area contributed by atoms with Gasteiger partial charge in [0, 0.05) is 5.75 Å². The van der Waals surface area contributed by atoms with Crippen molar-refractivity contribution in [1.82, 2.24) is 4.31 Å². The Morgan fingerprint density at radius 1 is 1.44 bits per heavy atom. The number of aliphatic imine (C=N–C) groups is 1. The standard InChI is InChI=1S/C11H13FN2O2S2/c1-18(15,16)14-7-6-13-11(14)17-8-9-4-2-3-5-10(9)12/h2-5H,6-8H2,1H3. The van der Waals surface area contributed by atoms with E-state index < -0.39 is 10.0 Å². The monoisotopic (exact) mass is 288 g/mol. The lowest BCUT2D eigenvalue weighted by Gasteiger charge is -2.16. The maximum atomic E-state index is 13.4. The molecule has 2 rings (SSSR count). The quantitative estimate of drug-likeness (QED) is 0.850. The van der Waals surface area contributed by atoms with Gasteiger partial charge < -0.3 is 0 Å². The van der Waals surface area contributed by atoms with Crippen molar-refractivity contribution < 1.29 is 12.8 Å². The highest BCUT2D eigenvalue weighted by molar-refractivity contribution is 8.14. The van der Waals surface area contributed by atoms with Gasteiger partial charge >= 0.3 is 0 Å². The average molecular weight is 288 g/mol. The van der Waals surface area contributed by atoms with Crippen LogP contribution in [0.15, 0.2) is 29.3 Å². The molecule has 0 aliphatic carbocycles. The number of hydrogen-bond donors (Lipinski definition) is 0. The molecule has 0 saturated heterocycles. The van der Waals surface area contributed by atoms with Crippen LogP contribution in [0.25, 0.3) is 0 Å². The van der Waals surface area contributed by atoms with E-state index in [4.69, 9.17) is 0 Å². The van der Waals surface area contributed by atoms with Crippen LogP contribution < -0.4 is 0 Å². The molecule has 4 nitrogen and oxygen atoms in total. The summed E-state index contributed by atoms with van der Waals surface area (Å²) in [5.74, 6) is 0.0897. The van der Waals surface area contributed by atoms with Crippen molar-refractivity contribution in [3.8, 4) is 0 Å². The van der Waals surface area contributed by atoms with Crippen LogP contribution >= 0.6 is 11.8 Å². The summed E-state index contributed by atoms with van der Waals surface area (Å²) in [7, 11) is -3.28. The number of nitrogens with zero attached hydrogens (tertiary/aromatic N) is 2. The maximum Gasteiger partial charge on any atom is 0.233 e. The molecule has 0 unspecified atom stereocenters. The van der Waals surface area contributed by atoms with Crippen molar-refractivity contribution in [3.63, 3.8) is 0 Å². The van der Waals surface area contributed by atoms with Crippen LogP contribution in [0.5, 0.6) is 0 Å². The first-order valence-corrected chi connectivity index (χ1v) is 8.20. The van der Waals surface area contributed by atoms with E-state index in [2.05, 4.69) is 4.99 Å². The second-order valence-electron chi connectivity index (χ2n) is 3.88. The van der Waals surface area contributed by atoms with Crippen LogP contribution in [0.3, 0.4) is 0 Å². The van der Waals surface area contributed by atoms with E-state index in [0.29, 0.717) is 29.6 Å². The first-order chi connectivity index (χ1) is 8.48. The molecule has 0 atom stereocenters. The fourth-order valence-corrected chi connectivity index (χ4v) is 3.85. The Bertz CT molecular complexity index is 572. The first kappa shape index (κ1) is 13.4. The third-order valence-corrected chi connectivity index (χ3v) is 4.81. The Morgan fingerprint density at radius 3 is 2.83 bits per heavy atom. The lowest BCUT2D eigenvalue weighted by atomic mass is 10.2. The van der Waals surface area contributed by atoms with Gasteiger partial charge in [-0.2, -0.15) is 0 Å². The maximum absolute atomic E-state index is 13.4. The van der Waals surface area contributed by atoms with E-state index in [9.17, 15) is 12.8 Å². The van der Waals surface area contributed by atoms with Crippen LogP contribution in [0.2, 0.25) is 0 Å². The summed E-state index contributed by atoms with van der Waals surface area (Å²) in [4.78, 5) is 4.13. The Kier molecular flexibility index (Phi) is 3.91. The van der Waals surface area contributed by atoms with Gasteiger partial charge in [-0.3, -0.25) is 4.99 Å². The van der Waals surface area contributed by atoms with Crippen LogP contribution in [0.4, 0.5) is 4.39 Å². The molecular formula is C11H13FN2O2S2. The predicted octanol–water partition coefficient (Wildman–Crippen LogP) is 1.69. The number of halogens is 1. The second kappa shape index (κ2) is 5.27. The van der Waals surface area contributed by atoms with Gasteiger partial charge in [-0.25, -0.2) is 17.1 Å². The van der Waals surface area contributed by atoms with E-state index >= 15 is 0 Å². The molecule has 0 aromatic heterocycles. The summed E-state index contributed by atoms with van der Waals surface area (Å²) in [6.07, 6.45) is 1.15. The Hall–Kier alpha value is -1.08. The zero-order valence-electron chi connectivity index (χ0n) is 9.84. The molecule has 1 aromatic carbocycles. The zero-order valence-corrected chi connectivity index (χ0v) is 11.5. The molecule has 7 heteroatoms. The number of sulfonamides is 1. The summed E-state index contributed by atoms with van der Waals surface area (Å²) < 4.78 is 37.6. The smallest absolute Gasteiger partial charge is 0.233 e. The summed E-state index contributed by atoms with van der Waals surface area (Å²) in [5, 5.41) is 0.445. The Balaban J connectivity index is 2.05. The van der Waals surface area contributed by atoms with E-state index in [-0.39, 0.29) is 5.82 Å². The van der Waals surface area contributed by atoms with E-state index in [1.807, 2.05) is 0 Å². The second-order valence-corrected chi connectivity index (χ2v) is 6.73. The Labute approximate surface area is 110 Å². The average Bonchev–Trinajstić information content (AvgIpc) is 2.76. The lowest BCUT2D eigenvalue weighted by Crippen LogP contribution is -2.31. The molecule has 0 radical (unpaired) electrons. The molecule has 1 aliphatic rings. The van der Waals surface area contributed by atoms with Gasteiger partial charge in [0.2, 0.25) is 10.0 Å². The molecule has 18 heavy (non-hydrogen) atoms. The summed E-state index contributed by atoms with van der Waals surface area (Å²) >= 11 is 1.24. The molecule has 1 aromatic rings. The Morgan fingerprint density at radius 2 is 2.17 bits per heavy atom. The lowest BCUT2D eigenvalue weighted by molar-refractivity contribution is 0.547. The van der Waals surface area contributed by atoms with Crippen molar-refractivity contribution in [2.75, 3.05) is 19.3 Å². The number of benzene rings is 1. The summed E-state index contributed by atoms with van der Waals surface area (Å²) in [5.41, 5.74) is 0.547. The van der Waals surface area contributed by atoms with Gasteiger partial charge in [0.15, 0.2) is 5.17 Å². The molecule has 0 N–H and O–H groups in total. The van der Waals surface area contributed by atoms with Gasteiger partial charge in [0.05, 0.1) is 19.3 Å². The third kappa shape index (κ3) is 3.02. The van der Waals surface area contributed by atoms with E-state index in [1.165, 1.54) is 22.1 Å². The minimum absolute atomic E-state index is 0.283. The fourth-order valence-electron chi connectivity index (χ4n) is 1.59. The van der Waals surface area contributed by atoms with Gasteiger partial charge in [-0.05, 0) is 11.6 Å². The largest absolute Gasteiger partial charge is 0.260 e. The minimum Gasteiger partial charge on any atom is -0.260 e.